The topological polar surface area (TPSA) is 61.3 Å². The highest BCUT2D eigenvalue weighted by Gasteiger charge is 2.07. The summed E-state index contributed by atoms with van der Waals surface area (Å²) in [7, 11) is 0. The van der Waals surface area contributed by atoms with Gasteiger partial charge in [0.2, 0.25) is 5.88 Å². The SMILES string of the molecule is CCOC(=O)c1ccc(Oc2cncc(Br)c2)nc1. The lowest BCUT2D eigenvalue weighted by Crippen LogP contribution is -2.04. The maximum atomic E-state index is 11.4. The molecule has 2 rings (SSSR count). The number of hydrogen-bond acceptors (Lipinski definition) is 5. The zero-order valence-electron chi connectivity index (χ0n) is 10.2. The molecule has 0 aliphatic carbocycles. The van der Waals surface area contributed by atoms with E-state index >= 15 is 0 Å². The molecule has 0 N–H and O–H groups in total. The average molecular weight is 323 g/mol. The molecule has 2 aromatic heterocycles. The van der Waals surface area contributed by atoms with Gasteiger partial charge in [-0.3, -0.25) is 4.98 Å². The Kier molecular flexibility index (Phi) is 4.46. The molecular formula is C13H11BrN2O3. The normalized spacial score (nSPS) is 10.0. The summed E-state index contributed by atoms with van der Waals surface area (Å²) in [5.41, 5.74) is 0.390. The Hall–Kier alpha value is -1.95. The van der Waals surface area contributed by atoms with Crippen LogP contribution in [-0.4, -0.2) is 22.5 Å². The number of hydrogen-bond donors (Lipinski definition) is 0. The zero-order chi connectivity index (χ0) is 13.7. The van der Waals surface area contributed by atoms with E-state index in [4.69, 9.17) is 9.47 Å². The van der Waals surface area contributed by atoms with Crippen molar-refractivity contribution in [1.82, 2.24) is 9.97 Å². The highest BCUT2D eigenvalue weighted by molar-refractivity contribution is 9.10. The van der Waals surface area contributed by atoms with E-state index < -0.39 is 5.97 Å². The summed E-state index contributed by atoms with van der Waals surface area (Å²) in [5, 5.41) is 0. The van der Waals surface area contributed by atoms with Crippen molar-refractivity contribution in [3.05, 3.63) is 46.8 Å². The molecule has 0 atom stereocenters. The van der Waals surface area contributed by atoms with E-state index in [0.29, 0.717) is 23.8 Å². The van der Waals surface area contributed by atoms with E-state index in [2.05, 4.69) is 25.9 Å². The Balaban J connectivity index is 2.08. The first-order valence-electron chi connectivity index (χ1n) is 5.60. The minimum Gasteiger partial charge on any atom is -0.462 e. The van der Waals surface area contributed by atoms with Crippen molar-refractivity contribution in [3.63, 3.8) is 0 Å². The van der Waals surface area contributed by atoms with Crippen LogP contribution in [0.1, 0.15) is 17.3 Å². The minimum absolute atomic E-state index is 0.334. The molecule has 5 nitrogen and oxygen atoms in total. The van der Waals surface area contributed by atoms with Gasteiger partial charge in [-0.25, -0.2) is 9.78 Å². The lowest BCUT2D eigenvalue weighted by molar-refractivity contribution is 0.0526. The number of nitrogens with zero attached hydrogens (tertiary/aromatic N) is 2. The van der Waals surface area contributed by atoms with Gasteiger partial charge < -0.3 is 9.47 Å². The first kappa shape index (κ1) is 13.5. The summed E-state index contributed by atoms with van der Waals surface area (Å²) < 4.78 is 11.2. The summed E-state index contributed by atoms with van der Waals surface area (Å²) in [4.78, 5) is 19.5. The molecule has 0 bridgehead atoms. The molecule has 19 heavy (non-hydrogen) atoms. The van der Waals surface area contributed by atoms with Crippen molar-refractivity contribution >= 4 is 21.9 Å². The highest BCUT2D eigenvalue weighted by atomic mass is 79.9. The van der Waals surface area contributed by atoms with Gasteiger partial charge in [-0.15, -0.1) is 0 Å². The highest BCUT2D eigenvalue weighted by Crippen LogP contribution is 2.21. The molecule has 0 spiro atoms. The standard InChI is InChI=1S/C13H11BrN2O3/c1-2-18-13(17)9-3-4-12(16-6-9)19-11-5-10(14)7-15-8-11/h3-8H,2H2,1H3. The number of carbonyl (C=O) groups excluding carboxylic acids is 1. The molecule has 0 aromatic carbocycles. The molecule has 0 aliphatic rings. The number of pyridine rings is 2. The predicted molar refractivity (Wildman–Crippen MR) is 72.2 cm³/mol. The van der Waals surface area contributed by atoms with Crippen molar-refractivity contribution < 1.29 is 14.3 Å². The fraction of sp³-hybridized carbons (Fsp3) is 0.154. The Labute approximate surface area is 118 Å². The monoisotopic (exact) mass is 322 g/mol. The van der Waals surface area contributed by atoms with Crippen molar-refractivity contribution in [2.75, 3.05) is 6.61 Å². The molecule has 0 aliphatic heterocycles. The van der Waals surface area contributed by atoms with Crippen LogP contribution in [0.5, 0.6) is 11.6 Å². The smallest absolute Gasteiger partial charge is 0.339 e. The van der Waals surface area contributed by atoms with Crippen LogP contribution in [0.25, 0.3) is 0 Å². The molecule has 2 heterocycles. The number of carbonyl (C=O) groups is 1. The predicted octanol–water partition coefficient (Wildman–Crippen LogP) is 3.21. The second-order valence-corrected chi connectivity index (χ2v) is 4.46. The molecule has 0 saturated carbocycles. The van der Waals surface area contributed by atoms with Gasteiger partial charge in [-0.2, -0.15) is 0 Å². The molecule has 0 radical (unpaired) electrons. The Morgan fingerprint density at radius 1 is 1.32 bits per heavy atom. The van der Waals surface area contributed by atoms with Gasteiger partial charge >= 0.3 is 5.97 Å². The van der Waals surface area contributed by atoms with Crippen LogP contribution in [-0.2, 0) is 4.74 Å². The molecule has 0 fully saturated rings. The summed E-state index contributed by atoms with van der Waals surface area (Å²) in [6.07, 6.45) is 4.65. The quantitative estimate of drug-likeness (QED) is 0.809. The third-order valence-corrected chi connectivity index (χ3v) is 2.58. The number of aromatic nitrogens is 2. The molecule has 98 valence electrons. The average Bonchev–Trinajstić information content (AvgIpc) is 2.40. The van der Waals surface area contributed by atoms with Crippen LogP contribution in [0.15, 0.2) is 41.3 Å². The molecule has 0 saturated heterocycles. The number of rotatable bonds is 4. The van der Waals surface area contributed by atoms with Crippen LogP contribution in [0.3, 0.4) is 0 Å². The Morgan fingerprint density at radius 3 is 2.79 bits per heavy atom. The third kappa shape index (κ3) is 3.75. The number of halogens is 1. The van der Waals surface area contributed by atoms with E-state index in [1.807, 2.05) is 0 Å². The largest absolute Gasteiger partial charge is 0.462 e. The van der Waals surface area contributed by atoms with Gasteiger partial charge in [-0.05, 0) is 35.0 Å². The molecular weight excluding hydrogens is 312 g/mol. The van der Waals surface area contributed by atoms with Gasteiger partial charge in [0.25, 0.3) is 0 Å². The Bertz CT molecular complexity index is 572. The van der Waals surface area contributed by atoms with Gasteiger partial charge in [0.15, 0.2) is 0 Å². The summed E-state index contributed by atoms with van der Waals surface area (Å²) in [6.45, 7) is 2.09. The Morgan fingerprint density at radius 2 is 2.16 bits per heavy atom. The van der Waals surface area contributed by atoms with Crippen molar-refractivity contribution in [2.24, 2.45) is 0 Å². The van der Waals surface area contributed by atoms with Crippen LogP contribution in [0, 0.1) is 0 Å². The van der Waals surface area contributed by atoms with Crippen molar-refractivity contribution in [2.45, 2.75) is 6.92 Å². The molecule has 2 aromatic rings. The van der Waals surface area contributed by atoms with Gasteiger partial charge in [0, 0.05) is 22.9 Å². The van der Waals surface area contributed by atoms with E-state index in [1.54, 1.807) is 37.5 Å². The van der Waals surface area contributed by atoms with Gasteiger partial charge in [-0.1, -0.05) is 0 Å². The minimum atomic E-state index is -0.398. The van der Waals surface area contributed by atoms with Crippen LogP contribution in [0.2, 0.25) is 0 Å². The maximum Gasteiger partial charge on any atom is 0.339 e. The first-order valence-corrected chi connectivity index (χ1v) is 6.40. The third-order valence-electron chi connectivity index (χ3n) is 2.15. The fourth-order valence-corrected chi connectivity index (χ4v) is 1.69. The van der Waals surface area contributed by atoms with E-state index in [1.165, 1.54) is 6.20 Å². The van der Waals surface area contributed by atoms with Crippen LogP contribution < -0.4 is 4.74 Å². The summed E-state index contributed by atoms with van der Waals surface area (Å²) in [5.74, 6) is 0.546. The summed E-state index contributed by atoms with van der Waals surface area (Å²) >= 11 is 3.30. The van der Waals surface area contributed by atoms with Crippen LogP contribution in [0.4, 0.5) is 0 Å². The van der Waals surface area contributed by atoms with E-state index in [0.717, 1.165) is 4.47 Å². The van der Waals surface area contributed by atoms with Crippen molar-refractivity contribution in [3.8, 4) is 11.6 Å². The second-order valence-electron chi connectivity index (χ2n) is 3.55. The fourth-order valence-electron chi connectivity index (χ4n) is 1.34. The van der Waals surface area contributed by atoms with Gasteiger partial charge in [0.1, 0.15) is 5.75 Å². The molecule has 0 amide bonds. The zero-order valence-corrected chi connectivity index (χ0v) is 11.8. The lowest BCUT2D eigenvalue weighted by Gasteiger charge is -2.05. The molecule has 6 heteroatoms. The van der Waals surface area contributed by atoms with Gasteiger partial charge in [0.05, 0.1) is 18.4 Å². The van der Waals surface area contributed by atoms with Crippen LogP contribution >= 0.6 is 15.9 Å². The second kappa shape index (κ2) is 6.29. The van der Waals surface area contributed by atoms with Crippen molar-refractivity contribution in [1.29, 1.82) is 0 Å². The number of ether oxygens (including phenoxy) is 2. The van der Waals surface area contributed by atoms with E-state index in [-0.39, 0.29) is 0 Å². The maximum absolute atomic E-state index is 11.4. The lowest BCUT2D eigenvalue weighted by atomic mass is 10.3. The summed E-state index contributed by atoms with van der Waals surface area (Å²) in [6, 6.07) is 4.98. The molecule has 0 unspecified atom stereocenters. The number of esters is 1. The van der Waals surface area contributed by atoms with E-state index in [9.17, 15) is 4.79 Å². The first-order chi connectivity index (χ1) is 9.19.